The van der Waals surface area contributed by atoms with Crippen molar-refractivity contribution in [2.24, 2.45) is 5.92 Å². The van der Waals surface area contributed by atoms with Gasteiger partial charge in [0.1, 0.15) is 18.2 Å². The van der Waals surface area contributed by atoms with Crippen molar-refractivity contribution in [3.63, 3.8) is 0 Å². The maximum atomic E-state index is 13.1. The lowest BCUT2D eigenvalue weighted by Crippen LogP contribution is -2.55. The molecule has 0 aliphatic heterocycles. The molecule has 2 rings (SSSR count). The molecule has 1 atom stereocenters. The third kappa shape index (κ3) is 3.67. The molecule has 0 amide bonds. The first-order valence-corrected chi connectivity index (χ1v) is 6.94. The summed E-state index contributed by atoms with van der Waals surface area (Å²) in [5.74, 6) is 0.662. The maximum Gasteiger partial charge on any atom is 0.126 e. The van der Waals surface area contributed by atoms with E-state index in [0.717, 1.165) is 25.8 Å². The van der Waals surface area contributed by atoms with Gasteiger partial charge in [0.2, 0.25) is 0 Å². The fourth-order valence-electron chi connectivity index (χ4n) is 2.32. The topological polar surface area (TPSA) is 41.5 Å². The number of ether oxygens (including phenoxy) is 1. The molecule has 1 aromatic carbocycles. The van der Waals surface area contributed by atoms with Crippen molar-refractivity contribution in [3.8, 4) is 5.75 Å². The van der Waals surface area contributed by atoms with Crippen LogP contribution in [0.5, 0.6) is 5.75 Å². The van der Waals surface area contributed by atoms with E-state index in [1.54, 1.807) is 12.1 Å². The third-order valence-electron chi connectivity index (χ3n) is 3.66. The second-order valence-corrected chi connectivity index (χ2v) is 5.26. The van der Waals surface area contributed by atoms with E-state index in [9.17, 15) is 9.50 Å². The molecule has 19 heavy (non-hydrogen) atoms. The Bertz CT molecular complexity index is 409. The van der Waals surface area contributed by atoms with E-state index in [1.165, 1.54) is 12.1 Å². The summed E-state index contributed by atoms with van der Waals surface area (Å²) >= 11 is 0. The van der Waals surface area contributed by atoms with Crippen molar-refractivity contribution in [1.82, 2.24) is 5.32 Å². The summed E-state index contributed by atoms with van der Waals surface area (Å²) < 4.78 is 18.8. The zero-order chi connectivity index (χ0) is 13.7. The van der Waals surface area contributed by atoms with Crippen molar-refractivity contribution in [2.75, 3.05) is 19.8 Å². The molecule has 106 valence electrons. The average Bonchev–Trinajstić information content (AvgIpc) is 3.25. The van der Waals surface area contributed by atoms with Gasteiger partial charge in [0.25, 0.3) is 0 Å². The molecule has 1 aliphatic rings. The Kier molecular flexibility index (Phi) is 4.77. The highest BCUT2D eigenvalue weighted by Crippen LogP contribution is 2.40. The second kappa shape index (κ2) is 6.35. The van der Waals surface area contributed by atoms with Gasteiger partial charge in [-0.3, -0.25) is 0 Å². The van der Waals surface area contributed by atoms with E-state index in [-0.39, 0.29) is 18.0 Å². The van der Waals surface area contributed by atoms with Crippen LogP contribution in [0.3, 0.4) is 0 Å². The normalized spacial score (nSPS) is 18.1. The summed E-state index contributed by atoms with van der Waals surface area (Å²) in [6.45, 7) is 3.36. The first kappa shape index (κ1) is 14.3. The number of hydrogen-bond donors (Lipinski definition) is 2. The Morgan fingerprint density at radius 3 is 2.84 bits per heavy atom. The van der Waals surface area contributed by atoms with Crippen molar-refractivity contribution in [3.05, 3.63) is 30.1 Å². The van der Waals surface area contributed by atoms with Gasteiger partial charge in [-0.15, -0.1) is 0 Å². The van der Waals surface area contributed by atoms with Gasteiger partial charge in [-0.2, -0.15) is 0 Å². The Morgan fingerprint density at radius 2 is 2.26 bits per heavy atom. The van der Waals surface area contributed by atoms with Crippen LogP contribution >= 0.6 is 0 Å². The minimum atomic E-state index is -0.387. The zero-order valence-corrected chi connectivity index (χ0v) is 11.4. The van der Waals surface area contributed by atoms with E-state index >= 15 is 0 Å². The Hall–Kier alpha value is -1.13. The molecule has 1 fully saturated rings. The lowest BCUT2D eigenvalue weighted by molar-refractivity contribution is 0.0849. The zero-order valence-electron chi connectivity index (χ0n) is 11.4. The Labute approximate surface area is 113 Å². The number of hydrogen-bond acceptors (Lipinski definition) is 3. The molecule has 0 bridgehead atoms. The lowest BCUT2D eigenvalue weighted by Gasteiger charge is -2.33. The molecule has 4 heteroatoms. The summed E-state index contributed by atoms with van der Waals surface area (Å²) in [6, 6.07) is 6.12. The van der Waals surface area contributed by atoms with Crippen LogP contribution in [0.25, 0.3) is 0 Å². The van der Waals surface area contributed by atoms with Crippen LogP contribution < -0.4 is 10.1 Å². The quantitative estimate of drug-likeness (QED) is 0.759. The van der Waals surface area contributed by atoms with Crippen LogP contribution in [-0.2, 0) is 0 Å². The van der Waals surface area contributed by atoms with E-state index in [4.69, 9.17) is 4.74 Å². The molecule has 0 aromatic heterocycles. The van der Waals surface area contributed by atoms with Gasteiger partial charge in [0, 0.05) is 6.07 Å². The van der Waals surface area contributed by atoms with Gasteiger partial charge >= 0.3 is 0 Å². The van der Waals surface area contributed by atoms with Gasteiger partial charge in [0.15, 0.2) is 0 Å². The molecule has 1 saturated carbocycles. The fraction of sp³-hybridized carbons (Fsp3) is 0.600. The predicted molar refractivity (Wildman–Crippen MR) is 72.7 cm³/mol. The van der Waals surface area contributed by atoms with Gasteiger partial charge in [-0.05, 0) is 43.9 Å². The highest BCUT2D eigenvalue weighted by atomic mass is 19.1. The number of rotatable bonds is 8. The van der Waals surface area contributed by atoms with Crippen molar-refractivity contribution < 1.29 is 14.2 Å². The minimum absolute atomic E-state index is 0.0486. The highest BCUT2D eigenvalue weighted by Gasteiger charge is 2.45. The minimum Gasteiger partial charge on any atom is -0.491 e. The number of aliphatic hydroxyl groups excluding tert-OH is 1. The number of aliphatic hydroxyl groups is 1. The monoisotopic (exact) mass is 267 g/mol. The summed E-state index contributed by atoms with van der Waals surface area (Å²) in [5, 5.41) is 13.1. The molecule has 1 unspecified atom stereocenters. The summed E-state index contributed by atoms with van der Waals surface area (Å²) in [4.78, 5) is 0. The molecule has 0 spiro atoms. The molecule has 0 saturated heterocycles. The molecule has 3 nitrogen and oxygen atoms in total. The van der Waals surface area contributed by atoms with Gasteiger partial charge in [-0.25, -0.2) is 4.39 Å². The van der Waals surface area contributed by atoms with E-state index in [0.29, 0.717) is 18.3 Å². The summed E-state index contributed by atoms with van der Waals surface area (Å²) in [5.41, 5.74) is -0.387. The van der Waals surface area contributed by atoms with Crippen LogP contribution in [0.1, 0.15) is 26.2 Å². The largest absolute Gasteiger partial charge is 0.491 e. The molecular weight excluding hydrogens is 245 g/mol. The first-order valence-electron chi connectivity index (χ1n) is 6.94. The van der Waals surface area contributed by atoms with E-state index in [2.05, 4.69) is 12.2 Å². The van der Waals surface area contributed by atoms with Gasteiger partial charge in [0.05, 0.1) is 12.1 Å². The summed E-state index contributed by atoms with van der Waals surface area (Å²) in [7, 11) is 0. The molecule has 0 radical (unpaired) electrons. The van der Waals surface area contributed by atoms with E-state index in [1.807, 2.05) is 0 Å². The molecular formula is C15H22FNO2. The van der Waals surface area contributed by atoms with Crippen LogP contribution in [0, 0.1) is 11.7 Å². The molecule has 0 heterocycles. The number of nitrogens with one attached hydrogen (secondary N) is 1. The Morgan fingerprint density at radius 1 is 1.47 bits per heavy atom. The standard InChI is InChI=1S/C15H22FNO2/c1-2-8-17-15(10-18,12-6-7-12)11-19-14-5-3-4-13(16)9-14/h3-5,9,12,17-18H,2,6-8,10-11H2,1H3. The lowest BCUT2D eigenvalue weighted by atomic mass is 9.95. The third-order valence-corrected chi connectivity index (χ3v) is 3.66. The van der Waals surface area contributed by atoms with Crippen LogP contribution in [-0.4, -0.2) is 30.4 Å². The molecule has 2 N–H and O–H groups in total. The van der Waals surface area contributed by atoms with Gasteiger partial charge in [-0.1, -0.05) is 13.0 Å². The molecule has 1 aliphatic carbocycles. The molecule has 1 aromatic rings. The average molecular weight is 267 g/mol. The Balaban J connectivity index is 1.99. The van der Waals surface area contributed by atoms with Crippen molar-refractivity contribution >= 4 is 0 Å². The smallest absolute Gasteiger partial charge is 0.126 e. The number of benzene rings is 1. The fourth-order valence-corrected chi connectivity index (χ4v) is 2.32. The van der Waals surface area contributed by atoms with Crippen molar-refractivity contribution in [2.45, 2.75) is 31.7 Å². The van der Waals surface area contributed by atoms with E-state index < -0.39 is 0 Å². The van der Waals surface area contributed by atoms with Crippen LogP contribution in [0.4, 0.5) is 4.39 Å². The summed E-state index contributed by atoms with van der Waals surface area (Å²) in [6.07, 6.45) is 3.24. The second-order valence-electron chi connectivity index (χ2n) is 5.26. The highest BCUT2D eigenvalue weighted by molar-refractivity contribution is 5.22. The van der Waals surface area contributed by atoms with Crippen molar-refractivity contribution in [1.29, 1.82) is 0 Å². The van der Waals surface area contributed by atoms with Crippen LogP contribution in [0.15, 0.2) is 24.3 Å². The van der Waals surface area contributed by atoms with Crippen LogP contribution in [0.2, 0.25) is 0 Å². The SMILES string of the molecule is CCCNC(CO)(COc1cccc(F)c1)C1CC1. The van der Waals surface area contributed by atoms with Gasteiger partial charge < -0.3 is 15.2 Å². The first-order chi connectivity index (χ1) is 9.20. The number of halogens is 1. The predicted octanol–water partition coefficient (Wildman–Crippen LogP) is 2.35. The maximum absolute atomic E-state index is 13.1.